The predicted molar refractivity (Wildman–Crippen MR) is 84.1 cm³/mol. The normalized spacial score (nSPS) is 28.2. The van der Waals surface area contributed by atoms with Crippen LogP contribution in [-0.2, 0) is 18.9 Å². The minimum atomic E-state index is -0.654. The molecule has 0 radical (unpaired) electrons. The molecule has 8 heteroatoms. The molecule has 1 aliphatic rings. The highest BCUT2D eigenvalue weighted by Crippen LogP contribution is 2.33. The smallest absolute Gasteiger partial charge is 0.351 e. The van der Waals surface area contributed by atoms with Gasteiger partial charge in [-0.05, 0) is 26.8 Å². The molecule has 2 N–H and O–H groups in total. The standard InChI is InChI=1S/C15H25N3O5/c1-15(2,3)22-8-9-11(20-4)12(21-5)13(23-9)18-7-6-10(16)17-14(18)19/h6-7,9,11-13H,8H2,1-5H3,(H2,16,17,19)/t9-,11?,12?,13-/m1/s1. The maximum absolute atomic E-state index is 12.1. The van der Waals surface area contributed by atoms with Gasteiger partial charge in [0.25, 0.3) is 0 Å². The van der Waals surface area contributed by atoms with Crippen LogP contribution in [0.2, 0.25) is 0 Å². The number of rotatable bonds is 5. The summed E-state index contributed by atoms with van der Waals surface area (Å²) in [7, 11) is 3.13. The van der Waals surface area contributed by atoms with Crippen LogP contribution in [0.1, 0.15) is 27.0 Å². The fraction of sp³-hybridized carbons (Fsp3) is 0.733. The van der Waals surface area contributed by atoms with Gasteiger partial charge >= 0.3 is 5.69 Å². The first-order valence-corrected chi connectivity index (χ1v) is 7.46. The lowest BCUT2D eigenvalue weighted by molar-refractivity contribution is -0.104. The van der Waals surface area contributed by atoms with Crippen LogP contribution >= 0.6 is 0 Å². The molecule has 0 aromatic carbocycles. The largest absolute Gasteiger partial charge is 0.383 e. The Kier molecular flexibility index (Phi) is 5.41. The molecule has 1 saturated heterocycles. The van der Waals surface area contributed by atoms with E-state index < -0.39 is 18.0 Å². The molecule has 1 fully saturated rings. The summed E-state index contributed by atoms with van der Waals surface area (Å²) in [4.78, 5) is 15.8. The summed E-state index contributed by atoms with van der Waals surface area (Å²) in [5, 5.41) is 0. The summed E-state index contributed by atoms with van der Waals surface area (Å²) in [5.74, 6) is 0.161. The van der Waals surface area contributed by atoms with Crippen LogP contribution in [0.3, 0.4) is 0 Å². The molecule has 0 amide bonds. The van der Waals surface area contributed by atoms with E-state index in [0.29, 0.717) is 6.61 Å². The zero-order chi connectivity index (χ0) is 17.2. The van der Waals surface area contributed by atoms with Gasteiger partial charge in [0.05, 0.1) is 12.2 Å². The first-order valence-electron chi connectivity index (χ1n) is 7.46. The molecule has 4 atom stereocenters. The molecule has 2 rings (SSSR count). The van der Waals surface area contributed by atoms with Crippen LogP contribution < -0.4 is 11.4 Å². The van der Waals surface area contributed by atoms with Crippen LogP contribution in [0.15, 0.2) is 17.1 Å². The van der Waals surface area contributed by atoms with Crippen molar-refractivity contribution in [2.24, 2.45) is 0 Å². The van der Waals surface area contributed by atoms with Gasteiger partial charge in [-0.15, -0.1) is 0 Å². The Morgan fingerprint density at radius 1 is 1.30 bits per heavy atom. The van der Waals surface area contributed by atoms with Crippen LogP contribution in [-0.4, -0.2) is 54.3 Å². The van der Waals surface area contributed by atoms with Crippen molar-refractivity contribution < 1.29 is 18.9 Å². The van der Waals surface area contributed by atoms with Crippen LogP contribution in [0, 0.1) is 0 Å². The first kappa shape index (κ1) is 17.9. The Labute approximate surface area is 135 Å². The number of hydrogen-bond donors (Lipinski definition) is 1. The highest BCUT2D eigenvalue weighted by molar-refractivity contribution is 5.23. The monoisotopic (exact) mass is 327 g/mol. The molecular formula is C15H25N3O5. The fourth-order valence-electron chi connectivity index (χ4n) is 2.55. The minimum absolute atomic E-state index is 0.161. The summed E-state index contributed by atoms with van der Waals surface area (Å²) in [6, 6.07) is 1.54. The van der Waals surface area contributed by atoms with E-state index in [0.717, 1.165) is 0 Å². The highest BCUT2D eigenvalue weighted by atomic mass is 16.6. The van der Waals surface area contributed by atoms with E-state index in [2.05, 4.69) is 4.98 Å². The molecule has 0 bridgehead atoms. The molecule has 1 aromatic rings. The quantitative estimate of drug-likeness (QED) is 0.844. The van der Waals surface area contributed by atoms with Gasteiger partial charge in [-0.3, -0.25) is 4.57 Å². The Bertz CT molecular complexity index is 583. The highest BCUT2D eigenvalue weighted by Gasteiger charge is 2.47. The number of nitrogens with two attached hydrogens (primary N) is 1. The average Bonchev–Trinajstić information content (AvgIpc) is 2.81. The SMILES string of the molecule is COC1C(OC)[C@@H](COC(C)(C)C)O[C@H]1n1ccc(N)nc1=O. The van der Waals surface area contributed by atoms with Gasteiger partial charge in [0.1, 0.15) is 24.1 Å². The molecule has 1 aliphatic heterocycles. The molecule has 0 spiro atoms. The number of anilines is 1. The molecule has 0 saturated carbocycles. The van der Waals surface area contributed by atoms with Crippen molar-refractivity contribution in [3.63, 3.8) is 0 Å². The van der Waals surface area contributed by atoms with Gasteiger partial charge in [-0.1, -0.05) is 0 Å². The van der Waals surface area contributed by atoms with Gasteiger partial charge in [-0.2, -0.15) is 4.98 Å². The van der Waals surface area contributed by atoms with E-state index in [-0.39, 0.29) is 23.6 Å². The zero-order valence-electron chi connectivity index (χ0n) is 14.2. The van der Waals surface area contributed by atoms with Crippen molar-refractivity contribution >= 4 is 5.82 Å². The van der Waals surface area contributed by atoms with E-state index in [1.165, 1.54) is 10.6 Å². The second-order valence-electron chi connectivity index (χ2n) is 6.43. The van der Waals surface area contributed by atoms with Gasteiger partial charge in [0, 0.05) is 20.4 Å². The maximum Gasteiger partial charge on any atom is 0.351 e. The van der Waals surface area contributed by atoms with Crippen molar-refractivity contribution in [2.45, 2.75) is 50.9 Å². The molecule has 2 heterocycles. The minimum Gasteiger partial charge on any atom is -0.383 e. The van der Waals surface area contributed by atoms with Crippen molar-refractivity contribution in [3.05, 3.63) is 22.7 Å². The van der Waals surface area contributed by atoms with Crippen molar-refractivity contribution in [1.82, 2.24) is 9.55 Å². The summed E-state index contributed by atoms with van der Waals surface area (Å²) in [5.41, 5.74) is 4.73. The fourth-order valence-corrected chi connectivity index (χ4v) is 2.55. The summed E-state index contributed by atoms with van der Waals surface area (Å²) in [6.45, 7) is 6.21. The van der Waals surface area contributed by atoms with Crippen molar-refractivity contribution in [2.75, 3.05) is 26.6 Å². The topological polar surface area (TPSA) is 97.8 Å². The van der Waals surface area contributed by atoms with Gasteiger partial charge < -0.3 is 24.7 Å². The maximum atomic E-state index is 12.1. The van der Waals surface area contributed by atoms with Crippen LogP contribution in [0.25, 0.3) is 0 Å². The zero-order valence-corrected chi connectivity index (χ0v) is 14.2. The van der Waals surface area contributed by atoms with Gasteiger partial charge in [0.2, 0.25) is 0 Å². The summed E-state index contributed by atoms with van der Waals surface area (Å²) < 4.78 is 24.1. The second-order valence-corrected chi connectivity index (χ2v) is 6.43. The molecule has 1 aromatic heterocycles. The number of ether oxygens (including phenoxy) is 4. The number of hydrogen-bond acceptors (Lipinski definition) is 7. The van der Waals surface area contributed by atoms with Gasteiger partial charge in [-0.25, -0.2) is 4.79 Å². The molecule has 8 nitrogen and oxygen atoms in total. The van der Waals surface area contributed by atoms with E-state index in [1.54, 1.807) is 20.4 Å². The lowest BCUT2D eigenvalue weighted by Crippen LogP contribution is -2.39. The lowest BCUT2D eigenvalue weighted by atomic mass is 10.1. The molecule has 23 heavy (non-hydrogen) atoms. The first-order chi connectivity index (χ1) is 10.8. The molecule has 2 unspecified atom stereocenters. The van der Waals surface area contributed by atoms with E-state index in [4.69, 9.17) is 24.7 Å². The number of nitrogen functional groups attached to an aromatic ring is 1. The Balaban J connectivity index is 2.24. The number of aromatic nitrogens is 2. The van der Waals surface area contributed by atoms with Crippen molar-refractivity contribution in [3.8, 4) is 0 Å². The van der Waals surface area contributed by atoms with Crippen molar-refractivity contribution in [1.29, 1.82) is 0 Å². The molecule has 130 valence electrons. The third-order valence-corrected chi connectivity index (χ3v) is 3.64. The van der Waals surface area contributed by atoms with Crippen LogP contribution in [0.4, 0.5) is 5.82 Å². The Hall–Kier alpha value is -1.48. The van der Waals surface area contributed by atoms with Crippen LogP contribution in [0.5, 0.6) is 0 Å². The number of nitrogens with zero attached hydrogens (tertiary/aromatic N) is 2. The predicted octanol–water partition coefficient (Wildman–Crippen LogP) is 0.568. The summed E-state index contributed by atoms with van der Waals surface area (Å²) >= 11 is 0. The second kappa shape index (κ2) is 6.96. The Morgan fingerprint density at radius 3 is 2.48 bits per heavy atom. The van der Waals surface area contributed by atoms with E-state index in [9.17, 15) is 4.79 Å². The Morgan fingerprint density at radius 2 is 1.96 bits per heavy atom. The third-order valence-electron chi connectivity index (χ3n) is 3.64. The molecule has 0 aliphatic carbocycles. The lowest BCUT2D eigenvalue weighted by Gasteiger charge is -2.25. The van der Waals surface area contributed by atoms with E-state index in [1.807, 2.05) is 20.8 Å². The van der Waals surface area contributed by atoms with Gasteiger partial charge in [0.15, 0.2) is 6.23 Å². The molecular weight excluding hydrogens is 302 g/mol. The number of methoxy groups -OCH3 is 2. The van der Waals surface area contributed by atoms with E-state index >= 15 is 0 Å². The summed E-state index contributed by atoms with van der Waals surface area (Å²) in [6.07, 6.45) is -0.299. The average molecular weight is 327 g/mol. The third kappa shape index (κ3) is 4.08.